The molecule has 0 saturated heterocycles. The second kappa shape index (κ2) is 3.59. The molecule has 84 valence electrons. The number of hydrogen-bond acceptors (Lipinski definition) is 2. The maximum Gasteiger partial charge on any atom is 0.134 e. The minimum Gasteiger partial charge on any atom is -0.461 e. The summed E-state index contributed by atoms with van der Waals surface area (Å²) in [4.78, 5) is 0. The smallest absolute Gasteiger partial charge is 0.134 e. The van der Waals surface area contributed by atoms with Gasteiger partial charge in [0.05, 0.1) is 0 Å². The first-order chi connectivity index (χ1) is 7.74. The van der Waals surface area contributed by atoms with Crippen LogP contribution >= 0.6 is 0 Å². The molecule has 2 atom stereocenters. The average Bonchev–Trinajstić information content (AvgIpc) is 2.82. The number of furan rings is 1. The topological polar surface area (TPSA) is 39.2 Å². The van der Waals surface area contributed by atoms with E-state index in [1.807, 2.05) is 6.07 Å². The van der Waals surface area contributed by atoms with Crippen LogP contribution in [0.1, 0.15) is 30.9 Å². The van der Waals surface area contributed by atoms with Crippen molar-refractivity contribution in [2.75, 3.05) is 0 Å². The summed E-state index contributed by atoms with van der Waals surface area (Å²) in [6, 6.07) is 6.71. The van der Waals surface area contributed by atoms with E-state index in [-0.39, 0.29) is 11.9 Å². The second-order valence-electron chi connectivity index (χ2n) is 4.53. The van der Waals surface area contributed by atoms with Gasteiger partial charge in [-0.2, -0.15) is 0 Å². The Bertz CT molecular complexity index is 520. The minimum atomic E-state index is -0.226. The van der Waals surface area contributed by atoms with Crippen molar-refractivity contribution in [1.29, 1.82) is 0 Å². The number of nitrogens with two attached hydrogens (primary N) is 1. The van der Waals surface area contributed by atoms with Gasteiger partial charge in [-0.05, 0) is 37.1 Å². The highest BCUT2D eigenvalue weighted by Gasteiger charge is 2.28. The third kappa shape index (κ3) is 1.52. The van der Waals surface area contributed by atoms with Gasteiger partial charge in [0.25, 0.3) is 0 Å². The quantitative estimate of drug-likeness (QED) is 0.800. The van der Waals surface area contributed by atoms with E-state index >= 15 is 0 Å². The Morgan fingerprint density at radius 1 is 1.25 bits per heavy atom. The summed E-state index contributed by atoms with van der Waals surface area (Å²) in [6.45, 7) is 0. The molecular weight excluding hydrogens is 205 g/mol. The lowest BCUT2D eigenvalue weighted by Crippen LogP contribution is -2.22. The lowest BCUT2D eigenvalue weighted by Gasteiger charge is -2.11. The van der Waals surface area contributed by atoms with E-state index in [2.05, 4.69) is 0 Å². The number of fused-ring (bicyclic) bond motifs is 1. The molecule has 0 bridgehead atoms. The van der Waals surface area contributed by atoms with E-state index in [1.54, 1.807) is 6.07 Å². The summed E-state index contributed by atoms with van der Waals surface area (Å²) in [5.74, 6) is 0.983. The highest BCUT2D eigenvalue weighted by molar-refractivity contribution is 5.78. The molecular formula is C13H14FNO. The van der Waals surface area contributed by atoms with Gasteiger partial charge in [0.2, 0.25) is 0 Å². The van der Waals surface area contributed by atoms with Crippen LogP contribution in [0, 0.1) is 5.82 Å². The first kappa shape index (κ1) is 9.85. The van der Waals surface area contributed by atoms with Gasteiger partial charge >= 0.3 is 0 Å². The normalized spacial score (nSPS) is 25.4. The summed E-state index contributed by atoms with van der Waals surface area (Å²) in [7, 11) is 0. The molecule has 0 spiro atoms. The Morgan fingerprint density at radius 2 is 2.12 bits per heavy atom. The Hall–Kier alpha value is -1.35. The fourth-order valence-electron chi connectivity index (χ4n) is 2.56. The van der Waals surface area contributed by atoms with Crippen molar-refractivity contribution in [2.45, 2.75) is 31.2 Å². The predicted octanol–water partition coefficient (Wildman–Crippen LogP) is 3.17. The fourth-order valence-corrected chi connectivity index (χ4v) is 2.56. The first-order valence-electron chi connectivity index (χ1n) is 5.68. The zero-order valence-corrected chi connectivity index (χ0v) is 8.95. The molecule has 1 aliphatic carbocycles. The zero-order valence-electron chi connectivity index (χ0n) is 8.95. The van der Waals surface area contributed by atoms with Crippen LogP contribution in [-0.4, -0.2) is 6.04 Å². The van der Waals surface area contributed by atoms with Gasteiger partial charge in [0.15, 0.2) is 0 Å². The molecule has 0 aliphatic heterocycles. The van der Waals surface area contributed by atoms with Crippen LogP contribution < -0.4 is 5.73 Å². The van der Waals surface area contributed by atoms with Crippen molar-refractivity contribution in [3.63, 3.8) is 0 Å². The Balaban J connectivity index is 2.04. The van der Waals surface area contributed by atoms with Gasteiger partial charge in [0, 0.05) is 17.3 Å². The molecule has 1 aliphatic rings. The van der Waals surface area contributed by atoms with Gasteiger partial charge in [0.1, 0.15) is 17.2 Å². The molecule has 1 fully saturated rings. The number of hydrogen-bond donors (Lipinski definition) is 1. The molecule has 1 heterocycles. The molecule has 0 amide bonds. The highest BCUT2D eigenvalue weighted by Crippen LogP contribution is 2.36. The molecule has 2 unspecified atom stereocenters. The van der Waals surface area contributed by atoms with Crippen LogP contribution in [0.3, 0.4) is 0 Å². The Labute approximate surface area is 93.2 Å². The summed E-state index contributed by atoms with van der Waals surface area (Å²) in [6.07, 6.45) is 3.27. The molecule has 2 N–H and O–H groups in total. The summed E-state index contributed by atoms with van der Waals surface area (Å²) >= 11 is 0. The molecule has 3 rings (SSSR count). The first-order valence-corrected chi connectivity index (χ1v) is 5.68. The third-order valence-electron chi connectivity index (χ3n) is 3.43. The van der Waals surface area contributed by atoms with E-state index in [0.29, 0.717) is 5.92 Å². The van der Waals surface area contributed by atoms with E-state index in [9.17, 15) is 4.39 Å². The van der Waals surface area contributed by atoms with Crippen molar-refractivity contribution in [3.8, 4) is 0 Å². The molecule has 16 heavy (non-hydrogen) atoms. The van der Waals surface area contributed by atoms with Crippen molar-refractivity contribution >= 4 is 11.0 Å². The average molecular weight is 219 g/mol. The van der Waals surface area contributed by atoms with Crippen LogP contribution in [0.2, 0.25) is 0 Å². The van der Waals surface area contributed by atoms with Gasteiger partial charge in [-0.3, -0.25) is 0 Å². The third-order valence-corrected chi connectivity index (χ3v) is 3.43. The standard InChI is InChI=1S/C13H14FNO/c14-9-4-5-12-8(6-9)7-13(16-12)10-2-1-3-11(10)15/h4-7,10-11H,1-3,15H2. The van der Waals surface area contributed by atoms with Gasteiger partial charge in [-0.15, -0.1) is 0 Å². The number of rotatable bonds is 1. The monoisotopic (exact) mass is 219 g/mol. The molecule has 0 radical (unpaired) electrons. The molecule has 2 nitrogen and oxygen atoms in total. The van der Waals surface area contributed by atoms with Crippen LogP contribution in [-0.2, 0) is 0 Å². The summed E-state index contributed by atoms with van der Waals surface area (Å²) in [5, 5.41) is 0.828. The second-order valence-corrected chi connectivity index (χ2v) is 4.53. The highest BCUT2D eigenvalue weighted by atomic mass is 19.1. The summed E-state index contributed by atoms with van der Waals surface area (Å²) in [5.41, 5.74) is 6.77. The summed E-state index contributed by atoms with van der Waals surface area (Å²) < 4.78 is 18.8. The van der Waals surface area contributed by atoms with E-state index in [4.69, 9.17) is 10.2 Å². The van der Waals surface area contributed by atoms with Crippen LogP contribution in [0.4, 0.5) is 4.39 Å². The minimum absolute atomic E-state index is 0.186. The SMILES string of the molecule is NC1CCCC1c1cc2cc(F)ccc2o1. The zero-order chi connectivity index (χ0) is 11.1. The molecule has 1 aromatic heterocycles. The van der Waals surface area contributed by atoms with E-state index in [1.165, 1.54) is 12.1 Å². The van der Waals surface area contributed by atoms with Crippen molar-refractivity contribution in [3.05, 3.63) is 35.8 Å². The lowest BCUT2D eigenvalue weighted by molar-refractivity contribution is 0.467. The van der Waals surface area contributed by atoms with E-state index in [0.717, 1.165) is 36.0 Å². The number of benzene rings is 1. The van der Waals surface area contributed by atoms with Crippen molar-refractivity contribution in [1.82, 2.24) is 0 Å². The van der Waals surface area contributed by atoms with Crippen LogP contribution in [0.15, 0.2) is 28.7 Å². The maximum atomic E-state index is 13.0. The van der Waals surface area contributed by atoms with Crippen molar-refractivity contribution < 1.29 is 8.81 Å². The van der Waals surface area contributed by atoms with Gasteiger partial charge in [-0.25, -0.2) is 4.39 Å². The fraction of sp³-hybridized carbons (Fsp3) is 0.385. The van der Waals surface area contributed by atoms with Crippen LogP contribution in [0.5, 0.6) is 0 Å². The Kier molecular flexibility index (Phi) is 2.21. The van der Waals surface area contributed by atoms with Crippen molar-refractivity contribution in [2.24, 2.45) is 5.73 Å². The number of halogens is 1. The molecule has 3 heteroatoms. The van der Waals surface area contributed by atoms with E-state index < -0.39 is 0 Å². The predicted molar refractivity (Wildman–Crippen MR) is 60.7 cm³/mol. The lowest BCUT2D eigenvalue weighted by atomic mass is 10.0. The van der Waals surface area contributed by atoms with Gasteiger partial charge in [-0.1, -0.05) is 6.42 Å². The maximum absolute atomic E-state index is 13.0. The van der Waals surface area contributed by atoms with Gasteiger partial charge < -0.3 is 10.2 Å². The largest absolute Gasteiger partial charge is 0.461 e. The molecule has 1 saturated carbocycles. The Morgan fingerprint density at radius 3 is 2.88 bits per heavy atom. The molecule has 1 aromatic carbocycles. The van der Waals surface area contributed by atoms with Crippen LogP contribution in [0.25, 0.3) is 11.0 Å². The molecule has 2 aromatic rings.